The van der Waals surface area contributed by atoms with Gasteiger partial charge in [0.05, 0.1) is 25.1 Å². The number of rotatable bonds is 9. The molecule has 1 fully saturated rings. The topological polar surface area (TPSA) is 90.6 Å². The van der Waals surface area contributed by atoms with Crippen molar-refractivity contribution >= 4 is 27.2 Å². The van der Waals surface area contributed by atoms with Crippen molar-refractivity contribution in [3.8, 4) is 22.1 Å². The first-order chi connectivity index (χ1) is 20.7. The van der Waals surface area contributed by atoms with E-state index in [0.717, 1.165) is 32.8 Å². The Morgan fingerprint density at radius 2 is 1.72 bits per heavy atom. The summed E-state index contributed by atoms with van der Waals surface area (Å²) in [5.41, 5.74) is 0.821. The highest BCUT2D eigenvalue weighted by molar-refractivity contribution is 7.22. The minimum atomic E-state index is -0.790. The predicted molar refractivity (Wildman–Crippen MR) is 163 cm³/mol. The van der Waals surface area contributed by atoms with Crippen LogP contribution in [0, 0.1) is 11.6 Å². The number of thiophene rings is 1. The monoisotopic (exact) mass is 605 g/mol. The lowest BCUT2D eigenvalue weighted by atomic mass is 10.1. The number of nitrogens with zero attached hydrogens (tertiary/aromatic N) is 4. The van der Waals surface area contributed by atoms with E-state index in [1.807, 2.05) is 50.3 Å². The molecule has 2 aromatic carbocycles. The van der Waals surface area contributed by atoms with Gasteiger partial charge in [-0.3, -0.25) is 9.36 Å². The normalized spacial score (nSPS) is 13.4. The molecule has 4 heterocycles. The van der Waals surface area contributed by atoms with Crippen molar-refractivity contribution in [3.05, 3.63) is 104 Å². The molecule has 5 aromatic rings. The second kappa shape index (κ2) is 11.7. The molecule has 222 valence electrons. The molecular weight excluding hydrogens is 576 g/mol. The molecule has 9 nitrogen and oxygen atoms in total. The van der Waals surface area contributed by atoms with Crippen molar-refractivity contribution < 1.29 is 18.3 Å². The lowest BCUT2D eigenvalue weighted by Gasteiger charge is -2.26. The number of hydrogen-bond donors (Lipinski definition) is 1. The van der Waals surface area contributed by atoms with E-state index in [-0.39, 0.29) is 28.8 Å². The first-order valence-corrected chi connectivity index (χ1v) is 14.5. The number of aromatic nitrogens is 3. The molecule has 0 atom stereocenters. The number of pyridine rings is 1. The van der Waals surface area contributed by atoms with Gasteiger partial charge in [-0.15, -0.1) is 11.3 Å². The fourth-order valence-corrected chi connectivity index (χ4v) is 6.29. The molecule has 6 rings (SSSR count). The van der Waals surface area contributed by atoms with Crippen LogP contribution in [0.25, 0.3) is 26.5 Å². The largest absolute Gasteiger partial charge is 0.469 e. The number of anilines is 1. The molecule has 1 aliphatic rings. The molecule has 0 amide bonds. The number of hydrogen-bond acceptors (Lipinski definition) is 8. The van der Waals surface area contributed by atoms with Crippen LogP contribution in [0.5, 0.6) is 5.88 Å². The second-order valence-corrected chi connectivity index (χ2v) is 11.5. The Morgan fingerprint density at radius 1 is 1.02 bits per heavy atom. The Bertz CT molecular complexity index is 1910. The Hall–Kier alpha value is -4.39. The maximum absolute atomic E-state index is 14.9. The zero-order valence-corrected chi connectivity index (χ0v) is 24.6. The van der Waals surface area contributed by atoms with Gasteiger partial charge in [0.1, 0.15) is 28.4 Å². The maximum atomic E-state index is 14.9. The fourth-order valence-electron chi connectivity index (χ4n) is 4.99. The van der Waals surface area contributed by atoms with E-state index in [1.165, 1.54) is 28.0 Å². The Labute approximate surface area is 249 Å². The van der Waals surface area contributed by atoms with Crippen molar-refractivity contribution in [2.75, 3.05) is 39.7 Å². The first-order valence-electron chi connectivity index (χ1n) is 13.6. The summed E-state index contributed by atoms with van der Waals surface area (Å²) in [4.78, 5) is 36.0. The van der Waals surface area contributed by atoms with Gasteiger partial charge in [-0.1, -0.05) is 24.3 Å². The Morgan fingerprint density at radius 3 is 2.35 bits per heavy atom. The van der Waals surface area contributed by atoms with Gasteiger partial charge >= 0.3 is 5.69 Å². The minimum Gasteiger partial charge on any atom is -0.469 e. The number of ether oxygens (including phenoxy) is 2. The van der Waals surface area contributed by atoms with Crippen LogP contribution in [0.1, 0.15) is 11.1 Å². The third-order valence-corrected chi connectivity index (χ3v) is 8.50. The van der Waals surface area contributed by atoms with E-state index < -0.39 is 29.4 Å². The Kier molecular flexibility index (Phi) is 7.82. The van der Waals surface area contributed by atoms with Gasteiger partial charge in [-0.2, -0.15) is 4.98 Å². The Balaban J connectivity index is 1.64. The van der Waals surface area contributed by atoms with Crippen molar-refractivity contribution in [1.82, 2.24) is 19.0 Å². The fraction of sp³-hybridized carbons (Fsp3) is 0.258. The van der Waals surface area contributed by atoms with E-state index >= 15 is 0 Å². The first kappa shape index (κ1) is 28.7. The van der Waals surface area contributed by atoms with Crippen molar-refractivity contribution in [1.29, 1.82) is 0 Å². The summed E-state index contributed by atoms with van der Waals surface area (Å²) in [6, 6.07) is 16.0. The minimum absolute atomic E-state index is 0.0410. The molecular formula is C31H29F2N5O4S. The molecule has 12 heteroatoms. The molecule has 0 bridgehead atoms. The number of halogens is 2. The average molecular weight is 606 g/mol. The van der Waals surface area contributed by atoms with Crippen LogP contribution in [0.2, 0.25) is 0 Å². The molecule has 0 radical (unpaired) electrons. The molecule has 3 aromatic heterocycles. The summed E-state index contributed by atoms with van der Waals surface area (Å²) in [7, 11) is 5.59. The van der Waals surface area contributed by atoms with Crippen molar-refractivity contribution in [2.45, 2.75) is 19.2 Å². The summed E-state index contributed by atoms with van der Waals surface area (Å²) < 4.78 is 43.0. The van der Waals surface area contributed by atoms with Crippen LogP contribution >= 0.6 is 11.3 Å². The lowest BCUT2D eigenvalue weighted by Crippen LogP contribution is -2.40. The molecule has 0 aliphatic carbocycles. The van der Waals surface area contributed by atoms with Crippen molar-refractivity contribution in [3.63, 3.8) is 0 Å². The highest BCUT2D eigenvalue weighted by Gasteiger charge is 2.26. The number of nitrogens with one attached hydrogen (secondary N) is 1. The third-order valence-electron chi connectivity index (χ3n) is 7.19. The highest BCUT2D eigenvalue weighted by atomic mass is 32.1. The summed E-state index contributed by atoms with van der Waals surface area (Å²) in [6.45, 7) is 0.784. The summed E-state index contributed by atoms with van der Waals surface area (Å²) in [5, 5.41) is 3.37. The van der Waals surface area contributed by atoms with E-state index in [1.54, 1.807) is 12.1 Å². The van der Waals surface area contributed by atoms with Gasteiger partial charge in [-0.25, -0.2) is 18.1 Å². The summed E-state index contributed by atoms with van der Waals surface area (Å²) in [6.07, 6.45) is -0.178. The molecule has 0 unspecified atom stereocenters. The highest BCUT2D eigenvalue weighted by Crippen LogP contribution is 2.38. The summed E-state index contributed by atoms with van der Waals surface area (Å²) >= 11 is 1.24. The lowest BCUT2D eigenvalue weighted by molar-refractivity contribution is -0.0813. The molecule has 0 spiro atoms. The SMILES string of the molecule is CNc1ccc(-c2sc3c(c2CN(C)C)c(=O)n(-c2cccc(OC4COC4)n2)c(=O)n3Cc2c(F)cccc2F)cc1. The van der Waals surface area contributed by atoms with Crippen molar-refractivity contribution in [2.24, 2.45) is 0 Å². The molecule has 1 N–H and O–H groups in total. The molecule has 1 aliphatic heterocycles. The predicted octanol–water partition coefficient (Wildman–Crippen LogP) is 4.48. The molecule has 1 saturated heterocycles. The zero-order valence-electron chi connectivity index (χ0n) is 23.8. The van der Waals surface area contributed by atoms with Gasteiger partial charge in [0, 0.05) is 35.8 Å². The van der Waals surface area contributed by atoms with Crippen LogP contribution in [-0.2, 0) is 17.8 Å². The van der Waals surface area contributed by atoms with Gasteiger partial charge in [-0.05, 0) is 55.6 Å². The van der Waals surface area contributed by atoms with Crippen LogP contribution < -0.4 is 21.3 Å². The molecule has 0 saturated carbocycles. The van der Waals surface area contributed by atoms with E-state index in [9.17, 15) is 18.4 Å². The van der Waals surface area contributed by atoms with E-state index in [4.69, 9.17) is 9.47 Å². The standard InChI is InChI=1S/C31H29F2N5O4S/c1-34-19-12-10-18(11-13-19)28-22(14-36(2)3)27-29(39)38(25-8-5-9-26(35-25)42-20-16-41-17-20)31(40)37(30(27)43-28)15-21-23(32)6-4-7-24(21)33/h4-13,20,34H,14-17H2,1-3H3. The van der Waals surface area contributed by atoms with Crippen LogP contribution in [-0.4, -0.2) is 59.5 Å². The quantitative estimate of drug-likeness (QED) is 0.265. The van der Waals surface area contributed by atoms with Gasteiger partial charge in [0.2, 0.25) is 5.88 Å². The smallest absolute Gasteiger partial charge is 0.338 e. The van der Waals surface area contributed by atoms with Gasteiger partial charge in [0.25, 0.3) is 5.56 Å². The zero-order chi connectivity index (χ0) is 30.2. The van der Waals surface area contributed by atoms with E-state index in [0.29, 0.717) is 30.2 Å². The molecule has 43 heavy (non-hydrogen) atoms. The third kappa shape index (κ3) is 5.44. The van der Waals surface area contributed by atoms with Crippen LogP contribution in [0.15, 0.2) is 70.3 Å². The number of fused-ring (bicyclic) bond motifs is 1. The second-order valence-electron chi connectivity index (χ2n) is 10.5. The van der Waals surface area contributed by atoms with Crippen LogP contribution in [0.3, 0.4) is 0 Å². The van der Waals surface area contributed by atoms with Gasteiger partial charge < -0.3 is 19.7 Å². The van der Waals surface area contributed by atoms with Crippen LogP contribution in [0.4, 0.5) is 14.5 Å². The summed E-state index contributed by atoms with van der Waals surface area (Å²) in [5.74, 6) is -1.31. The van der Waals surface area contributed by atoms with Gasteiger partial charge in [0.15, 0.2) is 0 Å². The maximum Gasteiger partial charge on any atom is 0.338 e. The average Bonchev–Trinajstić information content (AvgIpc) is 3.33. The number of benzene rings is 2. The van der Waals surface area contributed by atoms with E-state index in [2.05, 4.69) is 10.3 Å².